The van der Waals surface area contributed by atoms with Gasteiger partial charge in [0.2, 0.25) is 5.91 Å². The van der Waals surface area contributed by atoms with Crippen molar-refractivity contribution in [2.24, 2.45) is 11.8 Å². The Kier molecular flexibility index (Phi) is 3.68. The lowest BCUT2D eigenvalue weighted by atomic mass is 10.0. The van der Waals surface area contributed by atoms with Crippen molar-refractivity contribution in [2.75, 3.05) is 19.6 Å². The number of amides is 1. The number of thiophene rings is 1. The Morgan fingerprint density at radius 1 is 1.14 bits per heavy atom. The largest absolute Gasteiger partial charge is 0.338 e. The first-order valence-electron chi connectivity index (χ1n) is 7.72. The summed E-state index contributed by atoms with van der Waals surface area (Å²) in [6.07, 6.45) is 3.58. The monoisotopic (exact) mass is 313 g/mol. The van der Waals surface area contributed by atoms with Gasteiger partial charge < -0.3 is 4.90 Å². The van der Waals surface area contributed by atoms with E-state index in [1.165, 1.54) is 10.4 Å². The van der Waals surface area contributed by atoms with Crippen LogP contribution in [0.2, 0.25) is 0 Å². The molecule has 2 aromatic rings. The van der Waals surface area contributed by atoms with E-state index < -0.39 is 0 Å². The molecule has 2 aliphatic heterocycles. The van der Waals surface area contributed by atoms with Crippen molar-refractivity contribution in [3.8, 4) is 0 Å². The summed E-state index contributed by atoms with van der Waals surface area (Å²) in [5.41, 5.74) is 1.17. The minimum absolute atomic E-state index is 0.196. The fourth-order valence-electron chi connectivity index (χ4n) is 3.64. The second-order valence-electron chi connectivity index (χ2n) is 6.21. The van der Waals surface area contributed by atoms with E-state index in [4.69, 9.17) is 0 Å². The van der Waals surface area contributed by atoms with Crippen LogP contribution in [0.5, 0.6) is 0 Å². The van der Waals surface area contributed by atoms with Gasteiger partial charge in [-0.3, -0.25) is 14.7 Å². The Hall–Kier alpha value is -1.72. The third kappa shape index (κ3) is 2.66. The van der Waals surface area contributed by atoms with E-state index in [1.807, 2.05) is 17.0 Å². The molecule has 2 atom stereocenters. The zero-order valence-electron chi connectivity index (χ0n) is 12.4. The zero-order valence-corrected chi connectivity index (χ0v) is 13.2. The van der Waals surface area contributed by atoms with E-state index in [2.05, 4.69) is 27.4 Å². The van der Waals surface area contributed by atoms with Gasteiger partial charge in [-0.25, -0.2) is 0 Å². The average Bonchev–Trinajstić information content (AvgIpc) is 3.22. The van der Waals surface area contributed by atoms with Gasteiger partial charge in [0, 0.05) is 55.9 Å². The maximum atomic E-state index is 12.6. The Morgan fingerprint density at radius 2 is 2.00 bits per heavy atom. The van der Waals surface area contributed by atoms with Crippen molar-refractivity contribution in [3.05, 3.63) is 52.5 Å². The first-order valence-corrected chi connectivity index (χ1v) is 8.60. The highest BCUT2D eigenvalue weighted by Crippen LogP contribution is 2.34. The van der Waals surface area contributed by atoms with Gasteiger partial charge in [-0.1, -0.05) is 6.07 Å². The molecule has 0 radical (unpaired) electrons. The highest BCUT2D eigenvalue weighted by atomic mass is 32.1. The molecule has 0 saturated carbocycles. The summed E-state index contributed by atoms with van der Waals surface area (Å²) in [7, 11) is 0. The summed E-state index contributed by atoms with van der Waals surface area (Å²) in [6.45, 7) is 4.56. The van der Waals surface area contributed by atoms with Gasteiger partial charge in [-0.2, -0.15) is 0 Å². The molecule has 2 fully saturated rings. The van der Waals surface area contributed by atoms with Crippen molar-refractivity contribution in [2.45, 2.75) is 13.1 Å². The molecule has 0 aromatic carbocycles. The van der Waals surface area contributed by atoms with Crippen LogP contribution in [0.4, 0.5) is 0 Å². The van der Waals surface area contributed by atoms with E-state index >= 15 is 0 Å². The number of carbonyl (C=O) groups is 1. The van der Waals surface area contributed by atoms with Crippen molar-refractivity contribution in [1.29, 1.82) is 0 Å². The van der Waals surface area contributed by atoms with Crippen LogP contribution in [0.1, 0.15) is 10.4 Å². The number of hydrogen-bond donors (Lipinski definition) is 0. The number of fused-ring (bicyclic) bond motifs is 1. The van der Waals surface area contributed by atoms with E-state index in [9.17, 15) is 4.79 Å². The lowest BCUT2D eigenvalue weighted by Crippen LogP contribution is -2.32. The molecule has 2 saturated heterocycles. The second kappa shape index (κ2) is 5.82. The van der Waals surface area contributed by atoms with Gasteiger partial charge in [0.1, 0.15) is 0 Å². The van der Waals surface area contributed by atoms with Crippen LogP contribution in [-0.2, 0) is 17.9 Å². The van der Waals surface area contributed by atoms with Crippen molar-refractivity contribution >= 4 is 17.2 Å². The van der Waals surface area contributed by atoms with Crippen molar-refractivity contribution in [3.63, 3.8) is 0 Å². The van der Waals surface area contributed by atoms with E-state index in [1.54, 1.807) is 23.7 Å². The Bertz CT molecular complexity index is 643. The maximum Gasteiger partial charge on any atom is 0.227 e. The number of likely N-dealkylation sites (tertiary alicyclic amines) is 2. The highest BCUT2D eigenvalue weighted by Gasteiger charge is 2.45. The molecule has 1 amide bonds. The molecule has 4 nitrogen and oxygen atoms in total. The molecule has 2 aromatic heterocycles. The predicted molar refractivity (Wildman–Crippen MR) is 86.2 cm³/mol. The Labute approximate surface area is 134 Å². The fourth-order valence-corrected chi connectivity index (χ4v) is 4.38. The number of pyridine rings is 1. The number of hydrogen-bond acceptors (Lipinski definition) is 4. The minimum Gasteiger partial charge on any atom is -0.338 e. The number of carbonyl (C=O) groups excluding carboxylic acids is 1. The van der Waals surface area contributed by atoms with Crippen LogP contribution in [-0.4, -0.2) is 40.3 Å². The van der Waals surface area contributed by atoms with Gasteiger partial charge >= 0.3 is 0 Å². The summed E-state index contributed by atoms with van der Waals surface area (Å²) in [5, 5.41) is 2.12. The van der Waals surface area contributed by atoms with Crippen molar-refractivity contribution in [1.82, 2.24) is 14.8 Å². The lowest BCUT2D eigenvalue weighted by Gasteiger charge is -2.21. The standard InChI is InChI=1S/C17H19N3OS/c21-17-16-12-19(11-15-2-1-7-22-15)9-14(16)10-20(17)8-13-3-5-18-6-4-13/h1-7,14,16H,8-12H2/t14-,16-/m1/s1. The Morgan fingerprint density at radius 3 is 2.73 bits per heavy atom. The summed E-state index contributed by atoms with van der Waals surface area (Å²) < 4.78 is 0. The quantitative estimate of drug-likeness (QED) is 0.868. The average molecular weight is 313 g/mol. The van der Waals surface area contributed by atoms with Crippen LogP contribution in [0.3, 0.4) is 0 Å². The van der Waals surface area contributed by atoms with E-state index in [0.717, 1.165) is 32.7 Å². The first kappa shape index (κ1) is 13.9. The third-order valence-electron chi connectivity index (χ3n) is 4.68. The fraction of sp³-hybridized carbons (Fsp3) is 0.412. The van der Waals surface area contributed by atoms with E-state index in [-0.39, 0.29) is 5.92 Å². The molecule has 0 unspecified atom stereocenters. The molecular weight excluding hydrogens is 294 g/mol. The highest BCUT2D eigenvalue weighted by molar-refractivity contribution is 7.09. The first-order chi connectivity index (χ1) is 10.8. The van der Waals surface area contributed by atoms with Crippen LogP contribution in [0.15, 0.2) is 42.0 Å². The number of nitrogens with zero attached hydrogens (tertiary/aromatic N) is 3. The molecule has 5 heteroatoms. The number of rotatable bonds is 4. The third-order valence-corrected chi connectivity index (χ3v) is 5.54. The topological polar surface area (TPSA) is 36.4 Å². The zero-order chi connectivity index (χ0) is 14.9. The number of aromatic nitrogens is 1. The predicted octanol–water partition coefficient (Wildman–Crippen LogP) is 2.23. The van der Waals surface area contributed by atoms with Gasteiger partial charge in [0.15, 0.2) is 0 Å². The normalized spacial score (nSPS) is 24.9. The molecule has 0 bridgehead atoms. The molecule has 0 N–H and O–H groups in total. The molecule has 0 aliphatic carbocycles. The molecule has 0 spiro atoms. The molecular formula is C17H19N3OS. The Balaban J connectivity index is 1.38. The summed E-state index contributed by atoms with van der Waals surface area (Å²) >= 11 is 1.80. The minimum atomic E-state index is 0.196. The molecule has 2 aliphatic rings. The molecule has 114 valence electrons. The molecule has 4 rings (SSSR count). The van der Waals surface area contributed by atoms with Crippen LogP contribution < -0.4 is 0 Å². The second-order valence-corrected chi connectivity index (χ2v) is 7.25. The van der Waals surface area contributed by atoms with Crippen LogP contribution in [0, 0.1) is 11.8 Å². The molecule has 4 heterocycles. The van der Waals surface area contributed by atoms with Gasteiger partial charge in [-0.05, 0) is 29.1 Å². The van der Waals surface area contributed by atoms with Crippen LogP contribution >= 0.6 is 11.3 Å². The lowest BCUT2D eigenvalue weighted by molar-refractivity contribution is -0.131. The summed E-state index contributed by atoms with van der Waals surface area (Å²) in [4.78, 5) is 22.5. The summed E-state index contributed by atoms with van der Waals surface area (Å²) in [6, 6.07) is 8.25. The van der Waals surface area contributed by atoms with Crippen LogP contribution in [0.25, 0.3) is 0 Å². The van der Waals surface area contributed by atoms with Gasteiger partial charge in [-0.15, -0.1) is 11.3 Å². The molecule has 22 heavy (non-hydrogen) atoms. The SMILES string of the molecule is O=C1[C@@H]2CN(Cc3cccs3)C[C@@H]2CN1Cc1ccncc1. The van der Waals surface area contributed by atoms with Gasteiger partial charge in [0.25, 0.3) is 0 Å². The maximum absolute atomic E-state index is 12.6. The van der Waals surface area contributed by atoms with Gasteiger partial charge in [0.05, 0.1) is 5.92 Å². The van der Waals surface area contributed by atoms with E-state index in [0.29, 0.717) is 11.8 Å². The summed E-state index contributed by atoms with van der Waals surface area (Å²) in [5.74, 6) is 1.02. The van der Waals surface area contributed by atoms with Crippen molar-refractivity contribution < 1.29 is 4.79 Å². The smallest absolute Gasteiger partial charge is 0.227 e.